The van der Waals surface area contributed by atoms with E-state index in [4.69, 9.17) is 4.74 Å². The first-order valence-corrected chi connectivity index (χ1v) is 10.9. The van der Waals surface area contributed by atoms with Crippen molar-refractivity contribution in [2.24, 2.45) is 11.3 Å². The van der Waals surface area contributed by atoms with Crippen LogP contribution in [0, 0.1) is 11.3 Å². The third kappa shape index (κ3) is 3.44. The Balaban J connectivity index is 1.29. The van der Waals surface area contributed by atoms with Gasteiger partial charge in [-0.3, -0.25) is 9.69 Å². The minimum atomic E-state index is -0.188. The zero-order valence-corrected chi connectivity index (χ0v) is 17.2. The Kier molecular flexibility index (Phi) is 4.83. The predicted octanol–water partition coefficient (Wildman–Crippen LogP) is 4.27. The van der Waals surface area contributed by atoms with Gasteiger partial charge in [0.15, 0.2) is 0 Å². The molecule has 0 radical (unpaired) electrons. The molecule has 152 valence electrons. The maximum atomic E-state index is 13.3. The maximum absolute atomic E-state index is 13.3. The van der Waals surface area contributed by atoms with Crippen LogP contribution in [0.4, 0.5) is 0 Å². The molecule has 0 bridgehead atoms. The Hall–Kier alpha value is -2.33. The van der Waals surface area contributed by atoms with Gasteiger partial charge in [0.1, 0.15) is 5.75 Å². The lowest BCUT2D eigenvalue weighted by Crippen LogP contribution is -2.66. The Morgan fingerprint density at radius 3 is 2.31 bits per heavy atom. The molecule has 29 heavy (non-hydrogen) atoms. The molecule has 4 heteroatoms. The second-order valence-electron chi connectivity index (χ2n) is 8.99. The Labute approximate surface area is 173 Å². The van der Waals surface area contributed by atoms with Crippen LogP contribution in [-0.4, -0.2) is 42.5 Å². The van der Waals surface area contributed by atoms with Crippen molar-refractivity contribution in [3.63, 3.8) is 0 Å². The zero-order valence-electron chi connectivity index (χ0n) is 17.2. The van der Waals surface area contributed by atoms with Crippen molar-refractivity contribution in [3.8, 4) is 5.75 Å². The molecular formula is C25H30N2O2. The lowest BCUT2D eigenvalue weighted by Gasteiger charge is -2.59. The van der Waals surface area contributed by atoms with Crippen LogP contribution in [0.25, 0.3) is 0 Å². The van der Waals surface area contributed by atoms with Crippen molar-refractivity contribution < 1.29 is 9.53 Å². The highest BCUT2D eigenvalue weighted by Gasteiger charge is 2.61. The standard InChI is InChI=1S/C25H30N2O2/c1-29-22-11-9-19(10-12-22)17-26-15-13-25(14-16-26)23(21-5-3-2-4-6-21)27(24(25)28)18-20-7-8-20/h2-6,9-12,20,23H,7-8,13-18H2,1H3/t23-/m0/s1. The van der Waals surface area contributed by atoms with Crippen LogP contribution in [0.3, 0.4) is 0 Å². The SMILES string of the molecule is COc1ccc(CN2CCC3(CC2)C(=O)N(CC2CC2)[C@H]3c2ccccc2)cc1. The summed E-state index contributed by atoms with van der Waals surface area (Å²) in [6.45, 7) is 3.86. The highest BCUT2D eigenvalue weighted by Crippen LogP contribution is 2.57. The van der Waals surface area contributed by atoms with E-state index in [1.54, 1.807) is 7.11 Å². The van der Waals surface area contributed by atoms with E-state index < -0.39 is 0 Å². The first kappa shape index (κ1) is 18.7. The number of methoxy groups -OCH3 is 1. The maximum Gasteiger partial charge on any atom is 0.231 e. The molecule has 4 nitrogen and oxygen atoms in total. The first-order chi connectivity index (χ1) is 14.2. The Bertz CT molecular complexity index is 852. The summed E-state index contributed by atoms with van der Waals surface area (Å²) < 4.78 is 5.26. The van der Waals surface area contributed by atoms with E-state index >= 15 is 0 Å². The Morgan fingerprint density at radius 1 is 1.00 bits per heavy atom. The molecule has 0 aromatic heterocycles. The highest BCUT2D eigenvalue weighted by molar-refractivity contribution is 5.91. The summed E-state index contributed by atoms with van der Waals surface area (Å²) in [7, 11) is 1.70. The van der Waals surface area contributed by atoms with Crippen molar-refractivity contribution >= 4 is 5.91 Å². The van der Waals surface area contributed by atoms with Crippen LogP contribution in [0.1, 0.15) is 42.9 Å². The molecule has 1 aliphatic carbocycles. The second-order valence-corrected chi connectivity index (χ2v) is 8.99. The van der Waals surface area contributed by atoms with Crippen LogP contribution in [0.15, 0.2) is 54.6 Å². The molecule has 2 saturated heterocycles. The van der Waals surface area contributed by atoms with E-state index in [2.05, 4.69) is 52.3 Å². The molecule has 0 N–H and O–H groups in total. The smallest absolute Gasteiger partial charge is 0.231 e. The number of likely N-dealkylation sites (tertiary alicyclic amines) is 2. The molecule has 0 unspecified atom stereocenters. The number of hydrogen-bond donors (Lipinski definition) is 0. The lowest BCUT2D eigenvalue weighted by atomic mass is 9.62. The molecule has 3 fully saturated rings. The molecule has 3 aliphatic rings. The van der Waals surface area contributed by atoms with Gasteiger partial charge in [-0.05, 0) is 68.0 Å². The van der Waals surface area contributed by atoms with E-state index in [1.807, 2.05) is 12.1 Å². The zero-order chi connectivity index (χ0) is 19.8. The molecule has 5 rings (SSSR count). The lowest BCUT2D eigenvalue weighted by molar-refractivity contribution is -0.181. The third-order valence-corrected chi connectivity index (χ3v) is 7.10. The van der Waals surface area contributed by atoms with Gasteiger partial charge >= 0.3 is 0 Å². The molecule has 2 heterocycles. The van der Waals surface area contributed by atoms with E-state index in [0.29, 0.717) is 5.91 Å². The number of rotatable bonds is 6. The van der Waals surface area contributed by atoms with Gasteiger partial charge < -0.3 is 9.64 Å². The van der Waals surface area contributed by atoms with Gasteiger partial charge in [-0.2, -0.15) is 0 Å². The summed E-state index contributed by atoms with van der Waals surface area (Å²) >= 11 is 0. The molecule has 1 spiro atoms. The summed E-state index contributed by atoms with van der Waals surface area (Å²) in [4.78, 5) is 18.0. The van der Waals surface area contributed by atoms with Crippen LogP contribution in [0.2, 0.25) is 0 Å². The second kappa shape index (κ2) is 7.49. The largest absolute Gasteiger partial charge is 0.497 e. The summed E-state index contributed by atoms with van der Waals surface area (Å²) in [6, 6.07) is 19.3. The van der Waals surface area contributed by atoms with Gasteiger partial charge in [0.25, 0.3) is 0 Å². The molecule has 2 aliphatic heterocycles. The fourth-order valence-corrected chi connectivity index (χ4v) is 5.24. The Morgan fingerprint density at radius 2 is 1.69 bits per heavy atom. The van der Waals surface area contributed by atoms with E-state index in [9.17, 15) is 4.79 Å². The number of β-lactam (4-membered cyclic amide) rings is 1. The monoisotopic (exact) mass is 390 g/mol. The van der Waals surface area contributed by atoms with Crippen LogP contribution >= 0.6 is 0 Å². The number of piperidine rings is 1. The molecule has 1 amide bonds. The number of amides is 1. The van der Waals surface area contributed by atoms with Gasteiger partial charge in [0, 0.05) is 13.1 Å². The van der Waals surface area contributed by atoms with Gasteiger partial charge in [-0.25, -0.2) is 0 Å². The molecule has 1 saturated carbocycles. The number of carbonyl (C=O) groups is 1. The summed E-state index contributed by atoms with van der Waals surface area (Å²) in [5.41, 5.74) is 2.43. The van der Waals surface area contributed by atoms with E-state index in [0.717, 1.165) is 50.7 Å². The van der Waals surface area contributed by atoms with Gasteiger partial charge in [-0.15, -0.1) is 0 Å². The van der Waals surface area contributed by atoms with E-state index in [1.165, 1.54) is 24.0 Å². The summed E-state index contributed by atoms with van der Waals surface area (Å²) in [6.07, 6.45) is 4.49. The summed E-state index contributed by atoms with van der Waals surface area (Å²) in [5.74, 6) is 2.04. The number of carbonyl (C=O) groups excluding carboxylic acids is 1. The predicted molar refractivity (Wildman–Crippen MR) is 114 cm³/mol. The topological polar surface area (TPSA) is 32.8 Å². The highest BCUT2D eigenvalue weighted by atomic mass is 16.5. The quantitative estimate of drug-likeness (QED) is 0.691. The van der Waals surface area contributed by atoms with Crippen molar-refractivity contribution in [1.29, 1.82) is 0 Å². The normalized spacial score (nSPS) is 23.8. The number of ether oxygens (including phenoxy) is 1. The van der Waals surface area contributed by atoms with Crippen LogP contribution < -0.4 is 4.74 Å². The van der Waals surface area contributed by atoms with Crippen molar-refractivity contribution in [1.82, 2.24) is 9.80 Å². The minimum Gasteiger partial charge on any atom is -0.497 e. The van der Waals surface area contributed by atoms with Crippen molar-refractivity contribution in [2.75, 3.05) is 26.7 Å². The summed E-state index contributed by atoms with van der Waals surface area (Å²) in [5, 5.41) is 0. The van der Waals surface area contributed by atoms with Gasteiger partial charge in [-0.1, -0.05) is 42.5 Å². The number of hydrogen-bond acceptors (Lipinski definition) is 3. The van der Waals surface area contributed by atoms with Crippen LogP contribution in [-0.2, 0) is 11.3 Å². The molecular weight excluding hydrogens is 360 g/mol. The van der Waals surface area contributed by atoms with Crippen molar-refractivity contribution in [3.05, 3.63) is 65.7 Å². The average molecular weight is 391 g/mol. The average Bonchev–Trinajstić information content (AvgIpc) is 3.60. The third-order valence-electron chi connectivity index (χ3n) is 7.10. The van der Waals surface area contributed by atoms with Gasteiger partial charge in [0.05, 0.1) is 18.6 Å². The number of nitrogens with zero attached hydrogens (tertiary/aromatic N) is 2. The number of benzene rings is 2. The van der Waals surface area contributed by atoms with E-state index in [-0.39, 0.29) is 11.5 Å². The minimum absolute atomic E-state index is 0.188. The fraction of sp³-hybridized carbons (Fsp3) is 0.480. The molecule has 2 aromatic carbocycles. The molecule has 1 atom stereocenters. The van der Waals surface area contributed by atoms with Crippen LogP contribution in [0.5, 0.6) is 5.75 Å². The van der Waals surface area contributed by atoms with Crippen molar-refractivity contribution in [2.45, 2.75) is 38.3 Å². The first-order valence-electron chi connectivity index (χ1n) is 10.9. The fourth-order valence-electron chi connectivity index (χ4n) is 5.24. The molecule has 2 aromatic rings. The van der Waals surface area contributed by atoms with Gasteiger partial charge in [0.2, 0.25) is 5.91 Å².